The number of pyridine rings is 1. The number of nitrogens with one attached hydrogen (secondary N) is 1. The molecule has 0 bridgehead atoms. The molecule has 35 heavy (non-hydrogen) atoms. The number of hydrogen-bond donors (Lipinski definition) is 2. The van der Waals surface area contributed by atoms with E-state index in [1.807, 2.05) is 24.3 Å². The molecule has 0 saturated carbocycles. The average Bonchev–Trinajstić information content (AvgIpc) is 3.20. The van der Waals surface area contributed by atoms with Gasteiger partial charge in [-0.25, -0.2) is 0 Å². The highest BCUT2D eigenvalue weighted by Gasteiger charge is 2.14. The van der Waals surface area contributed by atoms with Gasteiger partial charge in [0.1, 0.15) is 17.9 Å². The third-order valence-electron chi connectivity index (χ3n) is 5.19. The number of amides is 1. The largest absolute Gasteiger partial charge is 0.492 e. The number of nitrogen functional groups attached to an aromatic ring is 1. The Balaban J connectivity index is 1.31. The molecule has 0 radical (unpaired) electrons. The number of halogens is 2. The highest BCUT2D eigenvalue weighted by Crippen LogP contribution is 2.17. The van der Waals surface area contributed by atoms with E-state index in [1.165, 1.54) is 18.2 Å². The van der Waals surface area contributed by atoms with Crippen LogP contribution < -0.4 is 21.3 Å². The van der Waals surface area contributed by atoms with Gasteiger partial charge in [-0.1, -0.05) is 48.0 Å². The maximum atomic E-state index is 13.9. The summed E-state index contributed by atoms with van der Waals surface area (Å²) in [5.41, 5.74) is 7.49. The number of anilines is 1. The van der Waals surface area contributed by atoms with Gasteiger partial charge in [0.15, 0.2) is 11.8 Å². The fraction of sp³-hybridized carbons (Fsp3) is 0.160. The molecule has 0 saturated heterocycles. The van der Waals surface area contributed by atoms with Gasteiger partial charge in [-0.2, -0.15) is 9.49 Å². The minimum atomic E-state index is -0.588. The second kappa shape index (κ2) is 10.9. The second-order valence-electron chi connectivity index (χ2n) is 7.78. The third-order valence-corrected chi connectivity index (χ3v) is 5.43. The van der Waals surface area contributed by atoms with Gasteiger partial charge in [0.25, 0.3) is 11.5 Å². The van der Waals surface area contributed by atoms with Gasteiger partial charge in [-0.3, -0.25) is 18.8 Å². The molecule has 4 rings (SSSR count). The summed E-state index contributed by atoms with van der Waals surface area (Å²) < 4.78 is 22.1. The topological polar surface area (TPSA) is 104 Å². The number of carbonyl (C=O) groups is 1. The normalized spacial score (nSPS) is 10.8. The molecule has 0 spiro atoms. The van der Waals surface area contributed by atoms with Crippen LogP contribution in [0.5, 0.6) is 5.75 Å². The Morgan fingerprint density at radius 3 is 2.49 bits per heavy atom. The predicted octanol–water partition coefficient (Wildman–Crippen LogP) is 3.32. The van der Waals surface area contributed by atoms with Crippen molar-refractivity contribution >= 4 is 23.3 Å². The Kier molecular flexibility index (Phi) is 7.47. The van der Waals surface area contributed by atoms with Crippen LogP contribution in [0.4, 0.5) is 10.2 Å². The Morgan fingerprint density at radius 1 is 1.06 bits per heavy atom. The molecular weight excluding hydrogens is 473 g/mol. The lowest BCUT2D eigenvalue weighted by molar-refractivity contribution is 0.0947. The number of nitrogens with zero attached hydrogens (tertiary/aromatic N) is 3. The summed E-state index contributed by atoms with van der Waals surface area (Å²) in [5.74, 6) is -0.204. The highest BCUT2D eigenvalue weighted by molar-refractivity contribution is 6.30. The van der Waals surface area contributed by atoms with Gasteiger partial charge >= 0.3 is 0 Å². The van der Waals surface area contributed by atoms with Crippen molar-refractivity contribution in [2.24, 2.45) is 0 Å². The predicted molar refractivity (Wildman–Crippen MR) is 131 cm³/mol. The summed E-state index contributed by atoms with van der Waals surface area (Å²) >= 11 is 5.92. The molecular formula is C25H23ClFN5O3. The molecule has 10 heteroatoms. The van der Waals surface area contributed by atoms with Crippen LogP contribution in [0.1, 0.15) is 21.5 Å². The van der Waals surface area contributed by atoms with E-state index in [0.717, 1.165) is 15.7 Å². The Labute approximate surface area is 205 Å². The Hall–Kier alpha value is -4.11. The monoisotopic (exact) mass is 495 g/mol. The van der Waals surface area contributed by atoms with Gasteiger partial charge < -0.3 is 15.8 Å². The van der Waals surface area contributed by atoms with E-state index >= 15 is 0 Å². The SMILES string of the molecule is Nc1nn(Cc2ccc(Cn3c(F)cccc3=O)cc2)cc1C(=O)NCCOc1cccc(Cl)c1. The average molecular weight is 496 g/mol. The molecule has 2 heterocycles. The molecule has 0 unspecified atom stereocenters. The maximum absolute atomic E-state index is 13.9. The van der Waals surface area contributed by atoms with E-state index in [9.17, 15) is 14.0 Å². The number of hydrogen-bond acceptors (Lipinski definition) is 5. The number of aromatic nitrogens is 3. The van der Waals surface area contributed by atoms with Gasteiger partial charge in [0, 0.05) is 17.3 Å². The summed E-state index contributed by atoms with van der Waals surface area (Å²) in [6.07, 6.45) is 1.58. The zero-order valence-corrected chi connectivity index (χ0v) is 19.4. The molecule has 2 aromatic heterocycles. The van der Waals surface area contributed by atoms with Gasteiger partial charge in [-0.05, 0) is 35.4 Å². The minimum Gasteiger partial charge on any atom is -0.492 e. The standard InChI is InChI=1S/C25H23ClFN5O3/c26-19-3-1-4-20(13-19)35-12-11-29-25(34)21-16-31(30-24(21)28)14-17-7-9-18(10-8-17)15-32-22(27)5-2-6-23(32)33/h1-10,13,16H,11-12,14-15H2,(H2,28,30)(H,29,34). The lowest BCUT2D eigenvalue weighted by atomic mass is 10.1. The van der Waals surface area contributed by atoms with Crippen LogP contribution in [-0.2, 0) is 13.1 Å². The summed E-state index contributed by atoms with van der Waals surface area (Å²) in [6.45, 7) is 1.06. The Morgan fingerprint density at radius 2 is 1.77 bits per heavy atom. The summed E-state index contributed by atoms with van der Waals surface area (Å²) in [6, 6.07) is 18.3. The molecule has 1 amide bonds. The highest BCUT2D eigenvalue weighted by atomic mass is 35.5. The number of ether oxygens (including phenoxy) is 1. The van der Waals surface area contributed by atoms with Crippen molar-refractivity contribution in [3.63, 3.8) is 0 Å². The van der Waals surface area contributed by atoms with Crippen molar-refractivity contribution in [3.8, 4) is 5.75 Å². The maximum Gasteiger partial charge on any atom is 0.256 e. The molecule has 180 valence electrons. The number of nitrogens with two attached hydrogens (primary N) is 1. The molecule has 0 aliphatic carbocycles. The van der Waals surface area contributed by atoms with Gasteiger partial charge in [0.2, 0.25) is 0 Å². The first-order chi connectivity index (χ1) is 16.9. The number of carbonyl (C=O) groups excluding carboxylic acids is 1. The van der Waals surface area contributed by atoms with Crippen molar-refractivity contribution in [3.05, 3.63) is 111 Å². The van der Waals surface area contributed by atoms with Crippen molar-refractivity contribution < 1.29 is 13.9 Å². The molecule has 0 aliphatic rings. The van der Waals surface area contributed by atoms with Crippen LogP contribution >= 0.6 is 11.6 Å². The van der Waals surface area contributed by atoms with Crippen LogP contribution in [0.15, 0.2) is 77.7 Å². The van der Waals surface area contributed by atoms with Gasteiger partial charge in [-0.15, -0.1) is 0 Å². The fourth-order valence-corrected chi connectivity index (χ4v) is 3.63. The van der Waals surface area contributed by atoms with Crippen LogP contribution in [0.3, 0.4) is 0 Å². The van der Waals surface area contributed by atoms with Crippen LogP contribution in [-0.4, -0.2) is 33.4 Å². The lowest BCUT2D eigenvalue weighted by Gasteiger charge is -2.08. The third kappa shape index (κ3) is 6.27. The van der Waals surface area contributed by atoms with E-state index in [2.05, 4.69) is 10.4 Å². The number of benzene rings is 2. The first kappa shape index (κ1) is 24.0. The summed E-state index contributed by atoms with van der Waals surface area (Å²) in [7, 11) is 0. The molecule has 3 N–H and O–H groups in total. The van der Waals surface area contributed by atoms with E-state index in [1.54, 1.807) is 35.1 Å². The Bertz CT molecular complexity index is 1380. The molecule has 0 fully saturated rings. The first-order valence-corrected chi connectivity index (χ1v) is 11.2. The molecule has 0 aliphatic heterocycles. The second-order valence-corrected chi connectivity index (χ2v) is 8.21. The number of rotatable bonds is 9. The smallest absolute Gasteiger partial charge is 0.256 e. The van der Waals surface area contributed by atoms with Gasteiger partial charge in [0.05, 0.1) is 19.6 Å². The van der Waals surface area contributed by atoms with Crippen LogP contribution in [0.25, 0.3) is 0 Å². The van der Waals surface area contributed by atoms with Crippen molar-refractivity contribution in [1.29, 1.82) is 0 Å². The molecule has 8 nitrogen and oxygen atoms in total. The van der Waals surface area contributed by atoms with Crippen LogP contribution in [0.2, 0.25) is 5.02 Å². The lowest BCUT2D eigenvalue weighted by Crippen LogP contribution is -2.28. The molecule has 2 aromatic carbocycles. The van der Waals surface area contributed by atoms with E-state index in [-0.39, 0.29) is 37.0 Å². The summed E-state index contributed by atoms with van der Waals surface area (Å²) in [4.78, 5) is 24.3. The zero-order valence-electron chi connectivity index (χ0n) is 18.7. The minimum absolute atomic E-state index is 0.119. The zero-order chi connectivity index (χ0) is 24.8. The van der Waals surface area contributed by atoms with E-state index in [0.29, 0.717) is 17.3 Å². The van der Waals surface area contributed by atoms with Crippen LogP contribution in [0, 0.1) is 5.95 Å². The quantitative estimate of drug-likeness (QED) is 0.274. The molecule has 0 atom stereocenters. The van der Waals surface area contributed by atoms with Crippen molar-refractivity contribution in [1.82, 2.24) is 19.7 Å². The molecule has 4 aromatic rings. The summed E-state index contributed by atoms with van der Waals surface area (Å²) in [5, 5.41) is 7.54. The van der Waals surface area contributed by atoms with Crippen molar-refractivity contribution in [2.45, 2.75) is 13.1 Å². The first-order valence-electron chi connectivity index (χ1n) is 10.8. The fourth-order valence-electron chi connectivity index (χ4n) is 3.45. The van der Waals surface area contributed by atoms with E-state index < -0.39 is 11.5 Å². The van der Waals surface area contributed by atoms with E-state index in [4.69, 9.17) is 22.1 Å². The van der Waals surface area contributed by atoms with Crippen molar-refractivity contribution in [2.75, 3.05) is 18.9 Å².